The summed E-state index contributed by atoms with van der Waals surface area (Å²) in [5.41, 5.74) is 2.03. The van der Waals surface area contributed by atoms with E-state index in [0.29, 0.717) is 13.1 Å². The fourth-order valence-electron chi connectivity index (χ4n) is 4.15. The van der Waals surface area contributed by atoms with Gasteiger partial charge in [0, 0.05) is 19.0 Å². The molecule has 4 heteroatoms. The molecule has 0 aromatic heterocycles. The molecular weight excluding hydrogens is 290 g/mol. The van der Waals surface area contributed by atoms with Crippen molar-refractivity contribution in [3.8, 4) is 0 Å². The van der Waals surface area contributed by atoms with Crippen LogP contribution in [0.5, 0.6) is 0 Å². The lowest BCUT2D eigenvalue weighted by molar-refractivity contribution is -0.143. The van der Waals surface area contributed by atoms with Crippen LogP contribution in [0, 0.1) is 11.3 Å². The van der Waals surface area contributed by atoms with E-state index in [1.807, 2.05) is 24.3 Å². The minimum Gasteiger partial charge on any atom is -0.481 e. The summed E-state index contributed by atoms with van der Waals surface area (Å²) < 4.78 is 0. The van der Waals surface area contributed by atoms with Gasteiger partial charge in [0.15, 0.2) is 0 Å². The first-order valence-electron chi connectivity index (χ1n) is 8.47. The first-order valence-corrected chi connectivity index (χ1v) is 8.47. The van der Waals surface area contributed by atoms with Gasteiger partial charge in [-0.05, 0) is 35.8 Å². The second kappa shape index (κ2) is 5.99. The number of aliphatic carboxylic acids is 1. The molecule has 1 aromatic carbocycles. The molecular formula is C19H25NO3. The summed E-state index contributed by atoms with van der Waals surface area (Å²) >= 11 is 0. The van der Waals surface area contributed by atoms with Gasteiger partial charge < -0.3 is 10.0 Å². The molecule has 2 unspecified atom stereocenters. The minimum atomic E-state index is -0.848. The monoisotopic (exact) mass is 315 g/mol. The maximum Gasteiger partial charge on any atom is 0.312 e. The van der Waals surface area contributed by atoms with Crippen LogP contribution in [0.4, 0.5) is 0 Å². The van der Waals surface area contributed by atoms with Gasteiger partial charge in [0.05, 0.1) is 5.92 Å². The summed E-state index contributed by atoms with van der Waals surface area (Å²) in [5.74, 6) is -1.28. The molecule has 1 N–H and O–H groups in total. The standard InChI is InChI=1S/C19H25NO3/c1-19(2)9-5-7-13(10-19)17(21)20-11-14-6-3-4-8-15(14)16(12-20)18(22)23/h3-4,6,8,13,16H,5,7,9-12H2,1-2H3,(H,22,23). The van der Waals surface area contributed by atoms with E-state index in [0.717, 1.165) is 36.8 Å². The molecule has 124 valence electrons. The maximum absolute atomic E-state index is 13.0. The molecule has 3 rings (SSSR count). The molecule has 2 atom stereocenters. The smallest absolute Gasteiger partial charge is 0.312 e. The zero-order chi connectivity index (χ0) is 16.6. The average molecular weight is 315 g/mol. The van der Waals surface area contributed by atoms with Crippen LogP contribution in [0.3, 0.4) is 0 Å². The van der Waals surface area contributed by atoms with Crippen LogP contribution in [0.25, 0.3) is 0 Å². The van der Waals surface area contributed by atoms with Crippen molar-refractivity contribution in [1.82, 2.24) is 4.90 Å². The van der Waals surface area contributed by atoms with Crippen molar-refractivity contribution < 1.29 is 14.7 Å². The molecule has 23 heavy (non-hydrogen) atoms. The molecule has 0 radical (unpaired) electrons. The lowest BCUT2D eigenvalue weighted by atomic mass is 9.71. The highest BCUT2D eigenvalue weighted by atomic mass is 16.4. The van der Waals surface area contributed by atoms with Gasteiger partial charge in [-0.15, -0.1) is 0 Å². The van der Waals surface area contributed by atoms with Crippen LogP contribution in [0.2, 0.25) is 0 Å². The SMILES string of the molecule is CC1(C)CCCC(C(=O)N2Cc3ccccc3C(C(=O)O)C2)C1. The Morgan fingerprint density at radius 2 is 2.00 bits per heavy atom. The van der Waals surface area contributed by atoms with E-state index in [1.165, 1.54) is 0 Å². The average Bonchev–Trinajstić information content (AvgIpc) is 2.52. The Labute approximate surface area is 137 Å². The Morgan fingerprint density at radius 1 is 1.26 bits per heavy atom. The van der Waals surface area contributed by atoms with Crippen molar-refractivity contribution in [2.75, 3.05) is 6.54 Å². The molecule has 0 spiro atoms. The highest BCUT2D eigenvalue weighted by molar-refractivity contribution is 5.83. The van der Waals surface area contributed by atoms with Gasteiger partial charge >= 0.3 is 5.97 Å². The van der Waals surface area contributed by atoms with Gasteiger partial charge in [0.25, 0.3) is 0 Å². The Kier molecular flexibility index (Phi) is 4.17. The highest BCUT2D eigenvalue weighted by Crippen LogP contribution is 2.40. The molecule has 2 aliphatic rings. The van der Waals surface area contributed by atoms with Gasteiger partial charge in [-0.3, -0.25) is 9.59 Å². The number of benzene rings is 1. The fourth-order valence-corrected chi connectivity index (χ4v) is 4.15. The molecule has 0 saturated heterocycles. The van der Waals surface area contributed by atoms with Crippen molar-refractivity contribution in [3.63, 3.8) is 0 Å². The van der Waals surface area contributed by atoms with Gasteiger partial charge in [-0.1, -0.05) is 44.5 Å². The molecule has 1 aliphatic carbocycles. The topological polar surface area (TPSA) is 57.6 Å². The molecule has 1 amide bonds. The summed E-state index contributed by atoms with van der Waals surface area (Å²) in [6.07, 6.45) is 4.08. The molecule has 1 fully saturated rings. The summed E-state index contributed by atoms with van der Waals surface area (Å²) in [6.45, 7) is 5.27. The normalized spacial score (nSPS) is 26.4. The Hall–Kier alpha value is -1.84. The first-order chi connectivity index (χ1) is 10.9. The van der Waals surface area contributed by atoms with Crippen LogP contribution in [-0.4, -0.2) is 28.4 Å². The van der Waals surface area contributed by atoms with Crippen molar-refractivity contribution in [2.45, 2.75) is 52.0 Å². The predicted octanol–water partition coefficient (Wildman–Crippen LogP) is 3.41. The molecule has 1 saturated carbocycles. The molecule has 1 heterocycles. The van der Waals surface area contributed by atoms with Crippen molar-refractivity contribution in [3.05, 3.63) is 35.4 Å². The molecule has 1 aromatic rings. The van der Waals surface area contributed by atoms with Gasteiger partial charge in [0.2, 0.25) is 5.91 Å². The largest absolute Gasteiger partial charge is 0.481 e. The van der Waals surface area contributed by atoms with Crippen molar-refractivity contribution >= 4 is 11.9 Å². The number of carbonyl (C=O) groups excluding carboxylic acids is 1. The van der Waals surface area contributed by atoms with Crippen molar-refractivity contribution in [2.24, 2.45) is 11.3 Å². The number of carboxylic acids is 1. The third kappa shape index (κ3) is 3.26. The predicted molar refractivity (Wildman–Crippen MR) is 88.0 cm³/mol. The molecule has 4 nitrogen and oxygen atoms in total. The third-order valence-electron chi connectivity index (χ3n) is 5.36. The van der Waals surface area contributed by atoms with Crippen molar-refractivity contribution in [1.29, 1.82) is 0 Å². The number of hydrogen-bond donors (Lipinski definition) is 1. The van der Waals surface area contributed by atoms with Crippen LogP contribution >= 0.6 is 0 Å². The second-order valence-electron chi connectivity index (χ2n) is 7.77. The van der Waals surface area contributed by atoms with Crippen LogP contribution in [0.1, 0.15) is 56.6 Å². The van der Waals surface area contributed by atoms with E-state index in [-0.39, 0.29) is 17.2 Å². The van der Waals surface area contributed by atoms with Crippen LogP contribution in [0.15, 0.2) is 24.3 Å². The maximum atomic E-state index is 13.0. The van der Waals surface area contributed by atoms with Gasteiger partial charge in [-0.25, -0.2) is 0 Å². The van der Waals surface area contributed by atoms with E-state index in [2.05, 4.69) is 13.8 Å². The van der Waals surface area contributed by atoms with E-state index < -0.39 is 11.9 Å². The fraction of sp³-hybridized carbons (Fsp3) is 0.579. The molecule has 0 bridgehead atoms. The first kappa shape index (κ1) is 16.0. The Balaban J connectivity index is 1.81. The summed E-state index contributed by atoms with van der Waals surface area (Å²) in [5, 5.41) is 9.54. The number of hydrogen-bond acceptors (Lipinski definition) is 2. The van der Waals surface area contributed by atoms with E-state index in [4.69, 9.17) is 0 Å². The van der Waals surface area contributed by atoms with Crippen LogP contribution in [-0.2, 0) is 16.1 Å². The minimum absolute atomic E-state index is 0.0402. The number of amides is 1. The zero-order valence-electron chi connectivity index (χ0n) is 13.9. The van der Waals surface area contributed by atoms with E-state index >= 15 is 0 Å². The molecule has 1 aliphatic heterocycles. The number of nitrogens with zero attached hydrogens (tertiary/aromatic N) is 1. The summed E-state index contributed by atoms with van der Waals surface area (Å²) in [7, 11) is 0. The summed E-state index contributed by atoms with van der Waals surface area (Å²) in [6, 6.07) is 7.60. The highest BCUT2D eigenvalue weighted by Gasteiger charge is 2.38. The van der Waals surface area contributed by atoms with Gasteiger partial charge in [0.1, 0.15) is 0 Å². The zero-order valence-corrected chi connectivity index (χ0v) is 13.9. The van der Waals surface area contributed by atoms with E-state index in [9.17, 15) is 14.7 Å². The van der Waals surface area contributed by atoms with Crippen LogP contribution < -0.4 is 0 Å². The summed E-state index contributed by atoms with van der Waals surface area (Å²) in [4.78, 5) is 26.3. The quantitative estimate of drug-likeness (QED) is 0.910. The second-order valence-corrected chi connectivity index (χ2v) is 7.77. The number of fused-ring (bicyclic) bond motifs is 1. The third-order valence-corrected chi connectivity index (χ3v) is 5.36. The Bertz CT molecular complexity index is 623. The lowest BCUT2D eigenvalue weighted by Crippen LogP contribution is -2.44. The number of carboxylic acid groups (broad SMARTS) is 1. The number of rotatable bonds is 2. The Morgan fingerprint density at radius 3 is 2.70 bits per heavy atom. The van der Waals surface area contributed by atoms with Gasteiger partial charge in [-0.2, -0.15) is 0 Å². The number of carbonyl (C=O) groups is 2. The lowest BCUT2D eigenvalue weighted by Gasteiger charge is -2.39. The van der Waals surface area contributed by atoms with E-state index in [1.54, 1.807) is 4.90 Å².